The highest BCUT2D eigenvalue weighted by atomic mass is 16.5. The number of aromatic nitrogens is 1. The summed E-state index contributed by atoms with van der Waals surface area (Å²) >= 11 is 0. The second kappa shape index (κ2) is 9.06. The molecule has 7 heteroatoms. The van der Waals surface area contributed by atoms with Gasteiger partial charge in [0, 0.05) is 11.7 Å². The van der Waals surface area contributed by atoms with Gasteiger partial charge in [-0.15, -0.1) is 0 Å². The normalized spacial score (nSPS) is 22.2. The first-order chi connectivity index (χ1) is 12.8. The molecular weight excluding hydrogens is 348 g/mol. The van der Waals surface area contributed by atoms with Crippen molar-refractivity contribution in [2.75, 3.05) is 13.2 Å². The zero-order valence-electron chi connectivity index (χ0n) is 16.8. The molecule has 1 aliphatic carbocycles. The highest BCUT2D eigenvalue weighted by Gasteiger charge is 2.29. The van der Waals surface area contributed by atoms with E-state index in [0.717, 1.165) is 12.8 Å². The molecular formula is C20H30N2O5. The van der Waals surface area contributed by atoms with Crippen LogP contribution in [0.4, 0.5) is 0 Å². The van der Waals surface area contributed by atoms with Crippen LogP contribution in [-0.2, 0) is 14.3 Å². The minimum atomic E-state index is -0.628. The molecule has 1 saturated carbocycles. The molecule has 0 aliphatic heterocycles. The minimum Gasteiger partial charge on any atom is -0.461 e. The van der Waals surface area contributed by atoms with Gasteiger partial charge in [-0.05, 0) is 44.6 Å². The Morgan fingerprint density at radius 2 is 1.81 bits per heavy atom. The van der Waals surface area contributed by atoms with E-state index in [2.05, 4.69) is 24.1 Å². The number of hydrogen-bond donors (Lipinski definition) is 2. The summed E-state index contributed by atoms with van der Waals surface area (Å²) in [6, 6.07) is 0.117. The fourth-order valence-corrected chi connectivity index (χ4v) is 3.70. The fraction of sp³-hybridized carbons (Fsp3) is 0.650. The molecule has 1 amide bonds. The van der Waals surface area contributed by atoms with E-state index in [4.69, 9.17) is 9.47 Å². The lowest BCUT2D eigenvalue weighted by molar-refractivity contribution is -0.125. The number of hydrogen-bond acceptors (Lipinski definition) is 5. The van der Waals surface area contributed by atoms with E-state index in [1.807, 2.05) is 0 Å². The van der Waals surface area contributed by atoms with Gasteiger partial charge in [0.25, 0.3) is 5.91 Å². The summed E-state index contributed by atoms with van der Waals surface area (Å²) in [5, 5.41) is 2.98. The van der Waals surface area contributed by atoms with Crippen LogP contribution in [0.5, 0.6) is 0 Å². The average Bonchev–Trinajstić information content (AvgIpc) is 2.92. The predicted molar refractivity (Wildman–Crippen MR) is 101 cm³/mol. The molecule has 0 saturated heterocycles. The zero-order valence-corrected chi connectivity index (χ0v) is 16.8. The number of amides is 1. The molecule has 1 aromatic heterocycles. The quantitative estimate of drug-likeness (QED) is 0.742. The number of H-pyrrole nitrogens is 1. The predicted octanol–water partition coefficient (Wildman–Crippen LogP) is 2.91. The van der Waals surface area contributed by atoms with Crippen LogP contribution in [0, 0.1) is 25.7 Å². The molecule has 1 aliphatic rings. The largest absolute Gasteiger partial charge is 0.461 e. The van der Waals surface area contributed by atoms with Gasteiger partial charge >= 0.3 is 11.9 Å². The van der Waals surface area contributed by atoms with Gasteiger partial charge in [-0.1, -0.05) is 26.7 Å². The molecule has 2 N–H and O–H groups in total. The standard InChI is InChI=1S/C20H30N2O5/c1-6-26-20(25)18-13(4)17(14(5)21-18)19(24)27-10-16(23)22-15-9-7-8-11(2)12(15)3/h11-12,15,21H,6-10H2,1-5H3,(H,22,23)/t11-,12+,15-/m1/s1. The Balaban J connectivity index is 1.95. The molecule has 7 nitrogen and oxygen atoms in total. The van der Waals surface area contributed by atoms with Gasteiger partial charge in [-0.2, -0.15) is 0 Å². The lowest BCUT2D eigenvalue weighted by Crippen LogP contribution is -2.45. The highest BCUT2D eigenvalue weighted by molar-refractivity contribution is 5.99. The van der Waals surface area contributed by atoms with Crippen molar-refractivity contribution in [1.82, 2.24) is 10.3 Å². The van der Waals surface area contributed by atoms with Crippen molar-refractivity contribution >= 4 is 17.8 Å². The summed E-state index contributed by atoms with van der Waals surface area (Å²) in [6.07, 6.45) is 3.22. The third kappa shape index (κ3) is 4.90. The molecule has 0 aromatic carbocycles. The van der Waals surface area contributed by atoms with E-state index in [1.54, 1.807) is 20.8 Å². The van der Waals surface area contributed by atoms with Crippen LogP contribution in [0.3, 0.4) is 0 Å². The van der Waals surface area contributed by atoms with Gasteiger partial charge in [-0.25, -0.2) is 9.59 Å². The van der Waals surface area contributed by atoms with Crippen LogP contribution < -0.4 is 5.32 Å². The Bertz CT molecular complexity index is 709. The molecule has 27 heavy (non-hydrogen) atoms. The number of carbonyl (C=O) groups is 3. The molecule has 0 unspecified atom stereocenters. The van der Waals surface area contributed by atoms with Crippen LogP contribution in [0.25, 0.3) is 0 Å². The zero-order chi connectivity index (χ0) is 20.1. The summed E-state index contributed by atoms with van der Waals surface area (Å²) in [4.78, 5) is 39.4. The van der Waals surface area contributed by atoms with E-state index in [9.17, 15) is 14.4 Å². The van der Waals surface area contributed by atoms with E-state index < -0.39 is 11.9 Å². The molecule has 1 heterocycles. The Morgan fingerprint density at radius 1 is 1.11 bits per heavy atom. The van der Waals surface area contributed by atoms with Crippen LogP contribution in [0.2, 0.25) is 0 Å². The first-order valence-corrected chi connectivity index (χ1v) is 9.59. The molecule has 0 spiro atoms. The topological polar surface area (TPSA) is 97.5 Å². The van der Waals surface area contributed by atoms with Crippen molar-refractivity contribution in [3.05, 3.63) is 22.5 Å². The maximum atomic E-state index is 12.4. The molecule has 150 valence electrons. The van der Waals surface area contributed by atoms with Crippen molar-refractivity contribution in [3.8, 4) is 0 Å². The van der Waals surface area contributed by atoms with Gasteiger partial charge in [-0.3, -0.25) is 4.79 Å². The lowest BCUT2D eigenvalue weighted by atomic mass is 9.78. The van der Waals surface area contributed by atoms with Crippen LogP contribution in [0.1, 0.15) is 72.1 Å². The molecule has 1 aromatic rings. The van der Waals surface area contributed by atoms with Gasteiger partial charge < -0.3 is 19.8 Å². The number of carbonyl (C=O) groups excluding carboxylic acids is 3. The summed E-state index contributed by atoms with van der Waals surface area (Å²) in [6.45, 7) is 9.29. The summed E-state index contributed by atoms with van der Waals surface area (Å²) < 4.78 is 10.2. The highest BCUT2D eigenvalue weighted by Crippen LogP contribution is 2.29. The van der Waals surface area contributed by atoms with Crippen LogP contribution in [0.15, 0.2) is 0 Å². The second-order valence-electron chi connectivity index (χ2n) is 7.36. The monoisotopic (exact) mass is 378 g/mol. The number of aromatic amines is 1. The van der Waals surface area contributed by atoms with Crippen molar-refractivity contribution in [2.24, 2.45) is 11.8 Å². The number of esters is 2. The molecule has 1 fully saturated rings. The third-order valence-corrected chi connectivity index (χ3v) is 5.51. The van der Waals surface area contributed by atoms with Crippen molar-refractivity contribution < 1.29 is 23.9 Å². The Kier molecular flexibility index (Phi) is 7.05. The van der Waals surface area contributed by atoms with Gasteiger partial charge in [0.05, 0.1) is 12.2 Å². The van der Waals surface area contributed by atoms with Crippen molar-refractivity contribution in [2.45, 2.75) is 59.9 Å². The van der Waals surface area contributed by atoms with E-state index in [0.29, 0.717) is 23.1 Å². The summed E-state index contributed by atoms with van der Waals surface area (Å²) in [7, 11) is 0. The minimum absolute atomic E-state index is 0.117. The van der Waals surface area contributed by atoms with E-state index >= 15 is 0 Å². The average molecular weight is 378 g/mol. The third-order valence-electron chi connectivity index (χ3n) is 5.51. The van der Waals surface area contributed by atoms with E-state index in [1.165, 1.54) is 6.42 Å². The Hall–Kier alpha value is -2.31. The fourth-order valence-electron chi connectivity index (χ4n) is 3.70. The maximum absolute atomic E-state index is 12.4. The van der Waals surface area contributed by atoms with Crippen LogP contribution >= 0.6 is 0 Å². The second-order valence-corrected chi connectivity index (χ2v) is 7.36. The first kappa shape index (κ1) is 21.0. The van der Waals surface area contributed by atoms with Gasteiger partial charge in [0.2, 0.25) is 0 Å². The smallest absolute Gasteiger partial charge is 0.355 e. The van der Waals surface area contributed by atoms with Crippen LogP contribution in [-0.4, -0.2) is 42.1 Å². The summed E-state index contributed by atoms with van der Waals surface area (Å²) in [5.74, 6) is -0.476. The molecule has 3 atom stereocenters. The van der Waals surface area contributed by atoms with Gasteiger partial charge in [0.15, 0.2) is 6.61 Å². The lowest BCUT2D eigenvalue weighted by Gasteiger charge is -2.34. The first-order valence-electron chi connectivity index (χ1n) is 9.59. The SMILES string of the molecule is CCOC(=O)c1[nH]c(C)c(C(=O)OCC(=O)N[C@@H]2CCC[C@@H](C)[C@@H]2C)c1C. The number of nitrogens with one attached hydrogen (secondary N) is 2. The number of ether oxygens (including phenoxy) is 2. The molecule has 0 radical (unpaired) electrons. The van der Waals surface area contributed by atoms with E-state index in [-0.39, 0.29) is 36.4 Å². The Morgan fingerprint density at radius 3 is 2.48 bits per heavy atom. The number of aryl methyl sites for hydroxylation is 1. The Labute approximate surface area is 160 Å². The maximum Gasteiger partial charge on any atom is 0.355 e. The summed E-state index contributed by atoms with van der Waals surface area (Å²) in [5.41, 5.74) is 1.48. The molecule has 0 bridgehead atoms. The van der Waals surface area contributed by atoms with Gasteiger partial charge in [0.1, 0.15) is 5.69 Å². The number of rotatable bonds is 6. The molecule has 2 rings (SSSR count). The van der Waals surface area contributed by atoms with Crippen molar-refractivity contribution in [1.29, 1.82) is 0 Å². The van der Waals surface area contributed by atoms with Crippen molar-refractivity contribution in [3.63, 3.8) is 0 Å².